The predicted molar refractivity (Wildman–Crippen MR) is 121 cm³/mol. The third-order valence-corrected chi connectivity index (χ3v) is 7.06. The van der Waals surface area contributed by atoms with Crippen LogP contribution in [-0.2, 0) is 9.53 Å². The maximum Gasteiger partial charge on any atom is 0.414 e. The highest BCUT2D eigenvalue weighted by atomic mass is 35.5. The van der Waals surface area contributed by atoms with Gasteiger partial charge in [-0.1, -0.05) is 11.6 Å². The number of aliphatic imine (C=N–C) groups is 1. The number of rotatable bonds is 6. The molecule has 0 N–H and O–H groups in total. The minimum atomic E-state index is -0.416. The molecule has 2 amide bonds. The highest BCUT2D eigenvalue weighted by molar-refractivity contribution is 7.18. The molecule has 166 valence electrons. The fraction of sp³-hybridized carbons (Fsp3) is 0.364. The van der Waals surface area contributed by atoms with Gasteiger partial charge in [-0.25, -0.2) is 4.79 Å². The van der Waals surface area contributed by atoms with E-state index in [1.807, 2.05) is 29.3 Å². The van der Waals surface area contributed by atoms with Crippen LogP contribution in [0.25, 0.3) is 0 Å². The van der Waals surface area contributed by atoms with Gasteiger partial charge >= 0.3 is 6.09 Å². The van der Waals surface area contributed by atoms with Crippen molar-refractivity contribution in [2.24, 2.45) is 4.99 Å². The van der Waals surface area contributed by atoms with Crippen LogP contribution in [0.1, 0.15) is 34.5 Å². The first-order chi connectivity index (χ1) is 15.5. The summed E-state index contributed by atoms with van der Waals surface area (Å²) < 4.78 is 6.05. The highest BCUT2D eigenvalue weighted by Crippen LogP contribution is 2.27. The van der Waals surface area contributed by atoms with Crippen LogP contribution in [0.3, 0.4) is 0 Å². The first-order valence-corrected chi connectivity index (χ1v) is 11.7. The van der Waals surface area contributed by atoms with E-state index in [0.717, 1.165) is 17.1 Å². The summed E-state index contributed by atoms with van der Waals surface area (Å²) in [5.41, 5.74) is 1.63. The topological polar surface area (TPSA) is 82.5 Å². The second-order valence-corrected chi connectivity index (χ2v) is 9.54. The normalized spacial score (nSPS) is 20.5. The Bertz CT molecular complexity index is 1100. The quantitative estimate of drug-likeness (QED) is 0.600. The van der Waals surface area contributed by atoms with Gasteiger partial charge in [-0.3, -0.25) is 29.5 Å². The Labute approximate surface area is 194 Å². The lowest BCUT2D eigenvalue weighted by atomic mass is 10.1. The summed E-state index contributed by atoms with van der Waals surface area (Å²) in [5, 5.41) is 3.68. The van der Waals surface area contributed by atoms with Crippen LogP contribution in [0.5, 0.6) is 0 Å². The number of carbonyl (C=O) groups is 3. The van der Waals surface area contributed by atoms with Crippen molar-refractivity contribution < 1.29 is 19.1 Å². The average Bonchev–Trinajstić information content (AvgIpc) is 3.51. The Morgan fingerprint density at radius 2 is 1.94 bits per heavy atom. The van der Waals surface area contributed by atoms with Crippen molar-refractivity contribution in [2.45, 2.75) is 25.4 Å². The number of Topliss-reactive ketones (excluding diaryl/α,β-unsaturated/α-hetero) is 1. The Balaban J connectivity index is 1.22. The molecule has 5 rings (SSSR count). The van der Waals surface area contributed by atoms with Gasteiger partial charge < -0.3 is 4.74 Å². The zero-order chi connectivity index (χ0) is 22.2. The smallest absolute Gasteiger partial charge is 0.414 e. The van der Waals surface area contributed by atoms with Gasteiger partial charge in [0.15, 0.2) is 5.78 Å². The van der Waals surface area contributed by atoms with Crippen LogP contribution in [-0.4, -0.2) is 65.9 Å². The number of thiophene rings is 1. The van der Waals surface area contributed by atoms with Gasteiger partial charge in [0.1, 0.15) is 11.9 Å². The van der Waals surface area contributed by atoms with E-state index in [9.17, 15) is 14.4 Å². The zero-order valence-electron chi connectivity index (χ0n) is 17.2. The third kappa shape index (κ3) is 3.98. The molecule has 32 heavy (non-hydrogen) atoms. The number of nitrogens with zero attached hydrogens (tertiary/aromatic N) is 4. The number of hydrogen-bond donors (Lipinski definition) is 0. The van der Waals surface area contributed by atoms with E-state index >= 15 is 0 Å². The van der Waals surface area contributed by atoms with Gasteiger partial charge in [0, 0.05) is 24.1 Å². The van der Waals surface area contributed by atoms with E-state index in [1.165, 1.54) is 11.3 Å². The van der Waals surface area contributed by atoms with Crippen molar-refractivity contribution in [3.63, 3.8) is 0 Å². The van der Waals surface area contributed by atoms with E-state index < -0.39 is 6.09 Å². The lowest BCUT2D eigenvalue weighted by molar-refractivity contribution is -0.134. The average molecular weight is 473 g/mol. The zero-order valence-corrected chi connectivity index (χ0v) is 18.8. The number of anilines is 1. The maximum atomic E-state index is 12.4. The van der Waals surface area contributed by atoms with E-state index in [-0.39, 0.29) is 17.8 Å². The van der Waals surface area contributed by atoms with Gasteiger partial charge in [-0.05, 0) is 42.8 Å². The van der Waals surface area contributed by atoms with Gasteiger partial charge in [-0.2, -0.15) is 0 Å². The molecule has 2 saturated heterocycles. The molecule has 1 aromatic heterocycles. The van der Waals surface area contributed by atoms with Crippen molar-refractivity contribution in [3.05, 3.63) is 51.2 Å². The largest absolute Gasteiger partial charge is 0.444 e. The standard InChI is InChI=1S/C22H21ClN4O4S/c23-19-8-7-18(32-19)17(28)6-5-16-13-25(22(30)31-16)15-3-1-14(2-4-15)21-24-10-12-26-20(29)9-11-27(21)26/h1-4,7-8,16H,5-6,9-13H2/t16-/m0/s1. The number of hydrogen-bond acceptors (Lipinski definition) is 7. The molecular weight excluding hydrogens is 452 g/mol. The maximum absolute atomic E-state index is 12.4. The summed E-state index contributed by atoms with van der Waals surface area (Å²) in [4.78, 5) is 43.5. The van der Waals surface area contributed by atoms with Crippen LogP contribution in [0.15, 0.2) is 41.4 Å². The van der Waals surface area contributed by atoms with Crippen molar-refractivity contribution in [2.75, 3.05) is 31.1 Å². The Morgan fingerprint density at radius 1 is 1.12 bits per heavy atom. The number of fused-ring (bicyclic) bond motifs is 1. The fourth-order valence-corrected chi connectivity index (χ4v) is 5.19. The van der Waals surface area contributed by atoms with Gasteiger partial charge in [0.2, 0.25) is 5.91 Å². The minimum absolute atomic E-state index is 0.00319. The number of halogens is 1. The lowest BCUT2D eigenvalue weighted by Gasteiger charge is -2.34. The molecule has 8 nitrogen and oxygen atoms in total. The summed E-state index contributed by atoms with van der Waals surface area (Å²) >= 11 is 7.15. The van der Waals surface area contributed by atoms with Crippen molar-refractivity contribution in [1.29, 1.82) is 0 Å². The summed E-state index contributed by atoms with van der Waals surface area (Å²) in [6, 6.07) is 11.0. The molecule has 0 unspecified atom stereocenters. The van der Waals surface area contributed by atoms with Crippen LogP contribution in [0.2, 0.25) is 4.34 Å². The first-order valence-electron chi connectivity index (χ1n) is 10.5. The Hall–Kier alpha value is -2.91. The van der Waals surface area contributed by atoms with Crippen molar-refractivity contribution in [1.82, 2.24) is 10.0 Å². The highest BCUT2D eigenvalue weighted by Gasteiger charge is 2.35. The summed E-state index contributed by atoms with van der Waals surface area (Å²) in [7, 11) is 0. The SMILES string of the molecule is O=C(CC[C@H]1CN(c2ccc(C3=NCCN4C(=O)CCN34)cc2)C(=O)O1)c1ccc(Cl)s1. The van der Waals surface area contributed by atoms with Crippen LogP contribution in [0.4, 0.5) is 10.5 Å². The first kappa shape index (κ1) is 21.0. The second kappa shape index (κ2) is 8.55. The van der Waals surface area contributed by atoms with Crippen molar-refractivity contribution in [3.8, 4) is 0 Å². The predicted octanol–water partition coefficient (Wildman–Crippen LogP) is 3.60. The molecule has 3 aliphatic rings. The fourth-order valence-electron chi connectivity index (χ4n) is 4.18. The van der Waals surface area contributed by atoms with Gasteiger partial charge in [0.05, 0.1) is 35.4 Å². The molecule has 2 fully saturated rings. The van der Waals surface area contributed by atoms with E-state index in [2.05, 4.69) is 4.99 Å². The molecule has 1 atom stereocenters. The van der Waals surface area contributed by atoms with Crippen molar-refractivity contribution >= 4 is 52.2 Å². The Kier molecular flexibility index (Phi) is 5.60. The number of carbonyl (C=O) groups excluding carboxylic acids is 3. The second-order valence-electron chi connectivity index (χ2n) is 7.82. The molecule has 1 aromatic carbocycles. The minimum Gasteiger partial charge on any atom is -0.444 e. The molecule has 0 radical (unpaired) electrons. The third-order valence-electron chi connectivity index (χ3n) is 5.79. The van der Waals surface area contributed by atoms with E-state index in [1.54, 1.807) is 22.0 Å². The van der Waals surface area contributed by atoms with Gasteiger partial charge in [-0.15, -0.1) is 11.3 Å². The molecule has 4 heterocycles. The number of ether oxygens (including phenoxy) is 1. The molecule has 0 saturated carbocycles. The molecule has 0 spiro atoms. The molecule has 0 aliphatic carbocycles. The number of benzene rings is 1. The summed E-state index contributed by atoms with van der Waals surface area (Å²) in [6.07, 6.45) is 0.505. The number of ketones is 1. The number of hydrazine groups is 1. The van der Waals surface area contributed by atoms with Crippen LogP contribution in [0, 0.1) is 0 Å². The number of cyclic esters (lactones) is 1. The molecular formula is C22H21ClN4O4S. The lowest BCUT2D eigenvalue weighted by Crippen LogP contribution is -2.47. The summed E-state index contributed by atoms with van der Waals surface area (Å²) in [6.45, 7) is 2.22. The van der Waals surface area contributed by atoms with E-state index in [4.69, 9.17) is 16.3 Å². The van der Waals surface area contributed by atoms with Gasteiger partial charge in [0.25, 0.3) is 0 Å². The molecule has 3 aliphatic heterocycles. The molecule has 10 heteroatoms. The van der Waals surface area contributed by atoms with Crippen LogP contribution < -0.4 is 4.90 Å². The van der Waals surface area contributed by atoms with Crippen LogP contribution >= 0.6 is 22.9 Å². The Morgan fingerprint density at radius 3 is 2.69 bits per heavy atom. The number of amidine groups is 1. The molecule has 2 aromatic rings. The number of amides is 2. The molecule has 0 bridgehead atoms. The van der Waals surface area contributed by atoms with E-state index in [0.29, 0.717) is 54.7 Å². The summed E-state index contributed by atoms with van der Waals surface area (Å²) in [5.74, 6) is 0.909. The monoisotopic (exact) mass is 472 g/mol.